The molecule has 0 spiro atoms. The summed E-state index contributed by atoms with van der Waals surface area (Å²) in [7, 11) is -10.4. The Kier molecular flexibility index (Phi) is 7.53. The molecule has 0 heterocycles. The fourth-order valence-corrected chi connectivity index (χ4v) is 5.17. The summed E-state index contributed by atoms with van der Waals surface area (Å²) in [5.74, 6) is -2.26. The molecule has 5 rings (SSSR count). The lowest BCUT2D eigenvalue weighted by molar-refractivity contribution is 0.101. The number of nitrogens with one attached hydrogen (secondary N) is 2. The maximum absolute atomic E-state index is 13.0. The molecule has 14 heteroatoms. The number of anilines is 2. The number of hydrogen-bond donors (Lipinski definition) is 4. The molecular formula is C28H20N2O10S2. The topological polar surface area (TPSA) is 185 Å². The van der Waals surface area contributed by atoms with E-state index < -0.39 is 44.1 Å². The van der Waals surface area contributed by atoms with Gasteiger partial charge >= 0.3 is 20.8 Å². The maximum Gasteiger partial charge on any atom is 0.446 e. The summed E-state index contributed by atoms with van der Waals surface area (Å²) in [4.78, 5) is 26.0. The molecule has 0 aliphatic heterocycles. The van der Waals surface area contributed by atoms with Gasteiger partial charge in [-0.25, -0.2) is 0 Å². The zero-order chi connectivity index (χ0) is 30.1. The average Bonchev–Trinajstić information content (AvgIpc) is 2.94. The Labute approximate surface area is 239 Å². The molecule has 2 amide bonds. The van der Waals surface area contributed by atoms with Gasteiger partial charge in [-0.2, -0.15) is 16.8 Å². The molecule has 0 aliphatic rings. The van der Waals surface area contributed by atoms with Crippen molar-refractivity contribution in [2.24, 2.45) is 0 Å². The van der Waals surface area contributed by atoms with Crippen molar-refractivity contribution in [1.29, 1.82) is 0 Å². The maximum atomic E-state index is 13.0. The first-order valence-corrected chi connectivity index (χ1v) is 14.7. The molecule has 0 atom stereocenters. The molecule has 0 saturated heterocycles. The average molecular weight is 609 g/mol. The van der Waals surface area contributed by atoms with Gasteiger partial charge in [-0.1, -0.05) is 60.7 Å². The van der Waals surface area contributed by atoms with Gasteiger partial charge in [0.15, 0.2) is 11.5 Å². The first kappa shape index (κ1) is 28.5. The van der Waals surface area contributed by atoms with Gasteiger partial charge in [0.25, 0.3) is 11.8 Å². The third-order valence-electron chi connectivity index (χ3n) is 6.02. The lowest BCUT2D eigenvalue weighted by Gasteiger charge is -2.20. The molecule has 0 unspecified atom stereocenters. The Morgan fingerprint density at radius 3 is 1.21 bits per heavy atom. The van der Waals surface area contributed by atoms with Crippen LogP contribution in [0.4, 0.5) is 11.4 Å². The minimum atomic E-state index is -5.19. The van der Waals surface area contributed by atoms with Crippen LogP contribution >= 0.6 is 0 Å². The lowest BCUT2D eigenvalue weighted by atomic mass is 9.98. The molecule has 0 saturated carbocycles. The van der Waals surface area contributed by atoms with E-state index in [0.717, 1.165) is 0 Å². The molecule has 5 aromatic rings. The van der Waals surface area contributed by atoms with Crippen LogP contribution in [0, 0.1) is 0 Å². The van der Waals surface area contributed by atoms with Crippen LogP contribution in [0.1, 0.15) is 20.7 Å². The number of fused-ring (bicyclic) bond motifs is 2. The zero-order valence-corrected chi connectivity index (χ0v) is 22.8. The van der Waals surface area contributed by atoms with Gasteiger partial charge in [0.1, 0.15) is 0 Å². The zero-order valence-electron chi connectivity index (χ0n) is 21.2. The molecule has 5 aromatic carbocycles. The minimum Gasteiger partial charge on any atom is -0.360 e. The smallest absolute Gasteiger partial charge is 0.360 e. The number of carbonyl (C=O) groups excluding carboxylic acids is 2. The molecule has 0 aromatic heterocycles. The molecule has 12 nitrogen and oxygen atoms in total. The molecule has 0 aliphatic carbocycles. The predicted octanol–water partition coefficient (Wildman–Crippen LogP) is 4.86. The van der Waals surface area contributed by atoms with Crippen molar-refractivity contribution in [3.05, 3.63) is 108 Å². The standard InChI is InChI=1S/C28H20N2O10S2/c31-27(17-9-3-1-4-10-17)29-21-15-7-13-19-23(21)25(39-41(33,34)35)20-14-8-16-22(24(20)26(19)40-42(36,37)38)30-28(32)18-11-5-2-6-12-18/h1-16H,(H,29,31)(H,30,32)(H,33,34,35)(H,36,37,38). The van der Waals surface area contributed by atoms with Crippen molar-refractivity contribution >= 4 is 65.5 Å². The Morgan fingerprint density at radius 1 is 0.524 bits per heavy atom. The highest BCUT2D eigenvalue weighted by molar-refractivity contribution is 7.81. The van der Waals surface area contributed by atoms with Gasteiger partial charge < -0.3 is 19.0 Å². The van der Waals surface area contributed by atoms with Crippen LogP contribution < -0.4 is 19.0 Å². The second-order valence-corrected chi connectivity index (χ2v) is 10.8. The van der Waals surface area contributed by atoms with Crippen molar-refractivity contribution in [3.8, 4) is 11.5 Å². The van der Waals surface area contributed by atoms with Crippen LogP contribution in [0.3, 0.4) is 0 Å². The van der Waals surface area contributed by atoms with E-state index >= 15 is 0 Å². The molecular weight excluding hydrogens is 588 g/mol. The van der Waals surface area contributed by atoms with Crippen LogP contribution in [-0.4, -0.2) is 37.8 Å². The van der Waals surface area contributed by atoms with E-state index in [1.807, 2.05) is 0 Å². The highest BCUT2D eigenvalue weighted by Crippen LogP contribution is 2.49. The largest absolute Gasteiger partial charge is 0.446 e. The van der Waals surface area contributed by atoms with E-state index in [2.05, 4.69) is 10.6 Å². The van der Waals surface area contributed by atoms with Crippen LogP contribution in [0.2, 0.25) is 0 Å². The fraction of sp³-hybridized carbons (Fsp3) is 0. The predicted molar refractivity (Wildman–Crippen MR) is 155 cm³/mol. The summed E-state index contributed by atoms with van der Waals surface area (Å²) in [6.07, 6.45) is 0. The van der Waals surface area contributed by atoms with Crippen LogP contribution in [0.15, 0.2) is 97.1 Å². The number of amides is 2. The van der Waals surface area contributed by atoms with Crippen molar-refractivity contribution < 1.29 is 43.9 Å². The fourth-order valence-electron chi connectivity index (χ4n) is 4.40. The van der Waals surface area contributed by atoms with Gasteiger partial charge in [-0.3, -0.25) is 18.7 Å². The van der Waals surface area contributed by atoms with Gasteiger partial charge in [-0.15, -0.1) is 0 Å². The number of benzene rings is 5. The summed E-state index contributed by atoms with van der Waals surface area (Å²) < 4.78 is 77.4. The van der Waals surface area contributed by atoms with Gasteiger partial charge in [0.05, 0.1) is 22.1 Å². The first-order valence-electron chi connectivity index (χ1n) is 12.0. The van der Waals surface area contributed by atoms with E-state index in [1.165, 1.54) is 60.7 Å². The van der Waals surface area contributed by atoms with E-state index in [-0.39, 0.29) is 44.0 Å². The molecule has 0 bridgehead atoms. The number of rotatable bonds is 8. The van der Waals surface area contributed by atoms with Crippen LogP contribution in [0.5, 0.6) is 11.5 Å². The third-order valence-corrected chi connectivity index (χ3v) is 6.77. The lowest BCUT2D eigenvalue weighted by Crippen LogP contribution is -2.15. The molecule has 4 N–H and O–H groups in total. The highest BCUT2D eigenvalue weighted by Gasteiger charge is 2.27. The SMILES string of the molecule is O=C(Nc1cccc2c(OS(=O)(=O)O)c3c(NC(=O)c4ccccc4)cccc3c(OS(=O)(=O)O)c12)c1ccccc1. The highest BCUT2D eigenvalue weighted by atomic mass is 32.3. The Hall–Kier alpha value is -5.02. The van der Waals surface area contributed by atoms with Crippen LogP contribution in [0.25, 0.3) is 21.5 Å². The number of carbonyl (C=O) groups is 2. The normalized spacial score (nSPS) is 11.7. The molecule has 0 fully saturated rings. The second-order valence-electron chi connectivity index (χ2n) is 8.78. The second kappa shape index (κ2) is 11.1. The monoisotopic (exact) mass is 608 g/mol. The minimum absolute atomic E-state index is 0.0548. The molecule has 0 radical (unpaired) electrons. The van der Waals surface area contributed by atoms with Crippen molar-refractivity contribution in [2.45, 2.75) is 0 Å². The van der Waals surface area contributed by atoms with Gasteiger partial charge in [0, 0.05) is 21.9 Å². The van der Waals surface area contributed by atoms with E-state index in [0.29, 0.717) is 0 Å². The van der Waals surface area contributed by atoms with Crippen molar-refractivity contribution in [1.82, 2.24) is 0 Å². The Balaban J connectivity index is 1.83. The van der Waals surface area contributed by atoms with Gasteiger partial charge in [-0.05, 0) is 36.4 Å². The summed E-state index contributed by atoms with van der Waals surface area (Å²) in [6.45, 7) is 0. The Bertz CT molecular complexity index is 1920. The van der Waals surface area contributed by atoms with E-state index in [9.17, 15) is 35.5 Å². The quantitative estimate of drug-likeness (QED) is 0.140. The van der Waals surface area contributed by atoms with E-state index in [4.69, 9.17) is 8.37 Å². The molecule has 214 valence electrons. The van der Waals surface area contributed by atoms with Crippen molar-refractivity contribution in [3.63, 3.8) is 0 Å². The van der Waals surface area contributed by atoms with Gasteiger partial charge in [0.2, 0.25) is 0 Å². The number of hydrogen-bond acceptors (Lipinski definition) is 8. The van der Waals surface area contributed by atoms with Crippen molar-refractivity contribution in [2.75, 3.05) is 10.6 Å². The third kappa shape index (κ3) is 6.16. The summed E-state index contributed by atoms with van der Waals surface area (Å²) >= 11 is 0. The summed E-state index contributed by atoms with van der Waals surface area (Å²) in [6, 6.07) is 24.2. The molecule has 42 heavy (non-hydrogen) atoms. The summed E-state index contributed by atoms with van der Waals surface area (Å²) in [5, 5.41) is 4.52. The van der Waals surface area contributed by atoms with Crippen LogP contribution in [-0.2, 0) is 20.8 Å². The first-order chi connectivity index (χ1) is 19.9. The van der Waals surface area contributed by atoms with E-state index in [1.54, 1.807) is 36.4 Å². The summed E-state index contributed by atoms with van der Waals surface area (Å²) in [5.41, 5.74) is 0.377. The Morgan fingerprint density at radius 2 is 0.881 bits per heavy atom.